The summed E-state index contributed by atoms with van der Waals surface area (Å²) in [6.45, 7) is 7.96. The molecule has 0 unspecified atom stereocenters. The molecule has 1 heterocycles. The van der Waals surface area contributed by atoms with E-state index in [4.69, 9.17) is 0 Å². The molecular formula is C14H24N4O. The summed E-state index contributed by atoms with van der Waals surface area (Å²) >= 11 is 0. The maximum Gasteiger partial charge on any atom is 0.244 e. The van der Waals surface area contributed by atoms with E-state index in [2.05, 4.69) is 10.4 Å². The quantitative estimate of drug-likeness (QED) is 0.841. The van der Waals surface area contributed by atoms with Crippen LogP contribution < -0.4 is 5.32 Å². The predicted octanol–water partition coefficient (Wildman–Crippen LogP) is 1.23. The van der Waals surface area contributed by atoms with Crippen molar-refractivity contribution in [3.63, 3.8) is 0 Å². The van der Waals surface area contributed by atoms with Gasteiger partial charge in [0.25, 0.3) is 0 Å². The van der Waals surface area contributed by atoms with Crippen LogP contribution in [0.2, 0.25) is 0 Å². The summed E-state index contributed by atoms with van der Waals surface area (Å²) in [5.41, 5.74) is 3.36. The fraction of sp³-hybridized carbons (Fsp3) is 0.714. The average Bonchev–Trinajstić information content (AvgIpc) is 3.16. The van der Waals surface area contributed by atoms with Crippen LogP contribution in [0.25, 0.3) is 0 Å². The first-order chi connectivity index (χ1) is 9.02. The van der Waals surface area contributed by atoms with Crippen molar-refractivity contribution in [2.45, 2.75) is 52.7 Å². The van der Waals surface area contributed by atoms with Crippen molar-refractivity contribution in [1.29, 1.82) is 0 Å². The van der Waals surface area contributed by atoms with E-state index in [0.717, 1.165) is 24.5 Å². The first-order valence-electron chi connectivity index (χ1n) is 7.03. The summed E-state index contributed by atoms with van der Waals surface area (Å²) in [5.74, 6) is 0.106. The minimum absolute atomic E-state index is 0.106. The molecule has 1 saturated carbocycles. The van der Waals surface area contributed by atoms with Crippen molar-refractivity contribution in [1.82, 2.24) is 20.0 Å². The monoisotopic (exact) mass is 264 g/mol. The van der Waals surface area contributed by atoms with Gasteiger partial charge in [-0.2, -0.15) is 5.10 Å². The van der Waals surface area contributed by atoms with Gasteiger partial charge in [-0.3, -0.25) is 9.48 Å². The van der Waals surface area contributed by atoms with E-state index in [1.165, 1.54) is 18.4 Å². The smallest absolute Gasteiger partial charge is 0.244 e. The summed E-state index contributed by atoms with van der Waals surface area (Å²) in [5, 5.41) is 8.00. The van der Waals surface area contributed by atoms with E-state index in [9.17, 15) is 4.79 Å². The fourth-order valence-electron chi connectivity index (χ4n) is 2.10. The highest BCUT2D eigenvalue weighted by atomic mass is 16.2. The lowest BCUT2D eigenvalue weighted by molar-refractivity contribution is -0.130. The van der Waals surface area contributed by atoms with Crippen LogP contribution >= 0.6 is 0 Å². The van der Waals surface area contributed by atoms with Crippen molar-refractivity contribution in [2.24, 2.45) is 0 Å². The van der Waals surface area contributed by atoms with E-state index in [1.807, 2.05) is 32.5 Å². The lowest BCUT2D eigenvalue weighted by atomic mass is 10.2. The van der Waals surface area contributed by atoms with Gasteiger partial charge in [-0.15, -0.1) is 0 Å². The van der Waals surface area contributed by atoms with Crippen LogP contribution in [0.15, 0.2) is 0 Å². The minimum atomic E-state index is 0.106. The zero-order valence-electron chi connectivity index (χ0n) is 12.4. The van der Waals surface area contributed by atoms with Gasteiger partial charge in [-0.05, 0) is 33.6 Å². The number of rotatable bonds is 6. The maximum atomic E-state index is 11.9. The summed E-state index contributed by atoms with van der Waals surface area (Å²) in [7, 11) is 1.82. The van der Waals surface area contributed by atoms with Crippen LogP contribution in [0.4, 0.5) is 0 Å². The third-order valence-corrected chi connectivity index (χ3v) is 3.86. The number of carbonyl (C=O) groups is 1. The molecule has 0 aliphatic heterocycles. The summed E-state index contributed by atoms with van der Waals surface area (Å²) in [4.78, 5) is 13.7. The summed E-state index contributed by atoms with van der Waals surface area (Å²) in [6.07, 6.45) is 2.57. The number of aryl methyl sites for hydroxylation is 1. The second-order valence-corrected chi connectivity index (χ2v) is 5.37. The highest BCUT2D eigenvalue weighted by Gasteiger charge is 2.22. The Bertz CT molecular complexity index is 462. The average molecular weight is 264 g/mol. The SMILES string of the molecule is CCN(C)C(=O)Cn1nc(C)c(CNC2CC2)c1C. The van der Waals surface area contributed by atoms with Gasteiger partial charge in [0.15, 0.2) is 0 Å². The molecule has 5 nitrogen and oxygen atoms in total. The van der Waals surface area contributed by atoms with Gasteiger partial charge in [-0.1, -0.05) is 0 Å². The number of carbonyl (C=O) groups excluding carboxylic acids is 1. The molecule has 106 valence electrons. The molecule has 2 rings (SSSR count). The number of nitrogens with one attached hydrogen (secondary N) is 1. The Balaban J connectivity index is 2.04. The molecular weight excluding hydrogens is 240 g/mol. The first kappa shape index (κ1) is 14.1. The van der Waals surface area contributed by atoms with Crippen LogP contribution in [0.3, 0.4) is 0 Å². The molecule has 1 aromatic heterocycles. The number of aromatic nitrogens is 2. The van der Waals surface area contributed by atoms with E-state index in [-0.39, 0.29) is 5.91 Å². The Morgan fingerprint density at radius 1 is 1.47 bits per heavy atom. The Kier molecular flexibility index (Phi) is 4.24. The highest BCUT2D eigenvalue weighted by Crippen LogP contribution is 2.21. The number of hydrogen-bond acceptors (Lipinski definition) is 3. The van der Waals surface area contributed by atoms with Crippen LogP contribution in [-0.2, 0) is 17.9 Å². The standard InChI is InChI=1S/C14H24N4O/c1-5-17(4)14(19)9-18-11(3)13(10(2)16-18)8-15-12-6-7-12/h12,15H,5-9H2,1-4H3. The fourth-order valence-corrected chi connectivity index (χ4v) is 2.10. The van der Waals surface area contributed by atoms with Gasteiger partial charge in [0.1, 0.15) is 6.54 Å². The van der Waals surface area contributed by atoms with Crippen LogP contribution in [0.5, 0.6) is 0 Å². The van der Waals surface area contributed by atoms with E-state index >= 15 is 0 Å². The Hall–Kier alpha value is -1.36. The third kappa shape index (κ3) is 3.35. The lowest BCUT2D eigenvalue weighted by Crippen LogP contribution is -2.30. The van der Waals surface area contributed by atoms with Gasteiger partial charge >= 0.3 is 0 Å². The molecule has 5 heteroatoms. The van der Waals surface area contributed by atoms with Crippen LogP contribution in [-0.4, -0.2) is 40.2 Å². The van der Waals surface area contributed by atoms with Crippen molar-refractivity contribution < 1.29 is 4.79 Å². The predicted molar refractivity (Wildman–Crippen MR) is 74.9 cm³/mol. The van der Waals surface area contributed by atoms with Gasteiger partial charge in [0.05, 0.1) is 5.69 Å². The Morgan fingerprint density at radius 2 is 2.16 bits per heavy atom. The largest absolute Gasteiger partial charge is 0.344 e. The van der Waals surface area contributed by atoms with Crippen LogP contribution in [0, 0.1) is 13.8 Å². The Labute approximate surface area is 115 Å². The third-order valence-electron chi connectivity index (χ3n) is 3.86. The van der Waals surface area contributed by atoms with Gasteiger partial charge in [0, 0.05) is 37.4 Å². The van der Waals surface area contributed by atoms with Gasteiger partial charge in [-0.25, -0.2) is 0 Å². The maximum absolute atomic E-state index is 11.9. The van der Waals surface area contributed by atoms with Gasteiger partial charge in [0.2, 0.25) is 5.91 Å². The molecule has 0 atom stereocenters. The first-order valence-corrected chi connectivity index (χ1v) is 7.03. The molecule has 19 heavy (non-hydrogen) atoms. The second-order valence-electron chi connectivity index (χ2n) is 5.37. The summed E-state index contributed by atoms with van der Waals surface area (Å²) < 4.78 is 1.83. The van der Waals surface area contributed by atoms with Crippen LogP contribution in [0.1, 0.15) is 36.7 Å². The van der Waals surface area contributed by atoms with Crippen molar-refractivity contribution >= 4 is 5.91 Å². The zero-order chi connectivity index (χ0) is 14.0. The minimum Gasteiger partial charge on any atom is -0.344 e. The molecule has 1 aliphatic carbocycles. The molecule has 1 fully saturated rings. The molecule has 1 aromatic rings. The Morgan fingerprint density at radius 3 is 2.74 bits per heavy atom. The van der Waals surface area contributed by atoms with E-state index in [0.29, 0.717) is 12.6 Å². The second kappa shape index (κ2) is 5.74. The molecule has 0 spiro atoms. The topological polar surface area (TPSA) is 50.2 Å². The highest BCUT2D eigenvalue weighted by molar-refractivity contribution is 5.75. The number of likely N-dealkylation sites (N-methyl/N-ethyl adjacent to an activating group) is 1. The van der Waals surface area contributed by atoms with Crippen molar-refractivity contribution in [3.8, 4) is 0 Å². The molecule has 0 bridgehead atoms. The molecule has 1 aliphatic rings. The molecule has 0 saturated heterocycles. The molecule has 0 aromatic carbocycles. The summed E-state index contributed by atoms with van der Waals surface area (Å²) in [6, 6.07) is 0.690. The molecule has 1 amide bonds. The normalized spacial score (nSPS) is 14.7. The molecule has 1 N–H and O–H groups in total. The number of hydrogen-bond donors (Lipinski definition) is 1. The van der Waals surface area contributed by atoms with E-state index < -0.39 is 0 Å². The number of amides is 1. The molecule has 0 radical (unpaired) electrons. The zero-order valence-corrected chi connectivity index (χ0v) is 12.4. The van der Waals surface area contributed by atoms with Gasteiger partial charge < -0.3 is 10.2 Å². The van der Waals surface area contributed by atoms with E-state index in [1.54, 1.807) is 4.90 Å². The van der Waals surface area contributed by atoms with Crippen molar-refractivity contribution in [3.05, 3.63) is 17.0 Å². The lowest BCUT2D eigenvalue weighted by Gasteiger charge is -2.15. The number of nitrogens with zero attached hydrogens (tertiary/aromatic N) is 3. The van der Waals surface area contributed by atoms with Crippen molar-refractivity contribution in [2.75, 3.05) is 13.6 Å².